The number of nitrogens with two attached hydrogens (primary N) is 1. The molecule has 0 saturated carbocycles. The van der Waals surface area contributed by atoms with Crippen LogP contribution in [0.4, 0.5) is 5.69 Å². The Bertz CT molecular complexity index is 424. The summed E-state index contributed by atoms with van der Waals surface area (Å²) in [4.78, 5) is 9.10. The van der Waals surface area contributed by atoms with Crippen molar-refractivity contribution in [1.29, 1.82) is 5.41 Å². The van der Waals surface area contributed by atoms with Crippen molar-refractivity contribution < 1.29 is 0 Å². The summed E-state index contributed by atoms with van der Waals surface area (Å²) in [6, 6.07) is 4.47. The first-order chi connectivity index (χ1) is 9.15. The van der Waals surface area contributed by atoms with E-state index in [4.69, 9.17) is 11.1 Å². The lowest BCUT2D eigenvalue weighted by atomic mass is 10.2. The van der Waals surface area contributed by atoms with Crippen molar-refractivity contribution in [3.63, 3.8) is 0 Å². The Labute approximate surface area is 114 Å². The highest BCUT2D eigenvalue weighted by atomic mass is 15.3. The van der Waals surface area contributed by atoms with E-state index in [0.717, 1.165) is 31.9 Å². The van der Waals surface area contributed by atoms with Crippen LogP contribution in [0.2, 0.25) is 0 Å². The van der Waals surface area contributed by atoms with Crippen LogP contribution in [0.3, 0.4) is 0 Å². The van der Waals surface area contributed by atoms with E-state index >= 15 is 0 Å². The Balaban J connectivity index is 2.02. The number of amidine groups is 1. The fourth-order valence-electron chi connectivity index (χ4n) is 2.75. The first-order valence-electron chi connectivity index (χ1n) is 6.95. The molecule has 1 aromatic heterocycles. The van der Waals surface area contributed by atoms with Crippen LogP contribution in [-0.2, 0) is 0 Å². The number of aromatic nitrogens is 1. The van der Waals surface area contributed by atoms with Crippen molar-refractivity contribution in [3.8, 4) is 0 Å². The maximum atomic E-state index is 7.35. The number of nitrogen functional groups attached to an aromatic ring is 1. The first kappa shape index (κ1) is 13.8. The molecule has 0 spiro atoms. The monoisotopic (exact) mass is 261 g/mol. The fourth-order valence-corrected chi connectivity index (χ4v) is 2.75. The van der Waals surface area contributed by atoms with Crippen LogP contribution in [-0.4, -0.2) is 47.9 Å². The average Bonchev–Trinajstić information content (AvgIpc) is 2.90. The Morgan fingerprint density at radius 1 is 1.47 bits per heavy atom. The average molecular weight is 261 g/mol. The maximum Gasteiger partial charge on any atom is 0.141 e. The quantitative estimate of drug-likeness (QED) is 0.619. The summed E-state index contributed by atoms with van der Waals surface area (Å²) >= 11 is 0. The van der Waals surface area contributed by atoms with Crippen molar-refractivity contribution in [2.24, 2.45) is 5.73 Å². The summed E-state index contributed by atoms with van der Waals surface area (Å²) in [7, 11) is 0. The Morgan fingerprint density at radius 3 is 2.74 bits per heavy atom. The molecule has 104 valence electrons. The number of anilines is 1. The predicted octanol–water partition coefficient (Wildman–Crippen LogP) is 1.29. The SMILES string of the molecule is CCN(CC)C1CCN(c2ccc(C(=N)N)nc2)C1. The van der Waals surface area contributed by atoms with Gasteiger partial charge in [-0.05, 0) is 31.6 Å². The van der Waals surface area contributed by atoms with Gasteiger partial charge in [0, 0.05) is 19.1 Å². The van der Waals surface area contributed by atoms with Gasteiger partial charge in [-0.3, -0.25) is 15.3 Å². The molecule has 1 fully saturated rings. The lowest BCUT2D eigenvalue weighted by molar-refractivity contribution is 0.232. The highest BCUT2D eigenvalue weighted by molar-refractivity contribution is 5.93. The molecule has 0 radical (unpaired) electrons. The highest BCUT2D eigenvalue weighted by Crippen LogP contribution is 2.22. The van der Waals surface area contributed by atoms with E-state index in [1.54, 1.807) is 0 Å². The van der Waals surface area contributed by atoms with E-state index in [0.29, 0.717) is 11.7 Å². The van der Waals surface area contributed by atoms with Gasteiger partial charge in [-0.2, -0.15) is 0 Å². The van der Waals surface area contributed by atoms with E-state index in [2.05, 4.69) is 28.6 Å². The van der Waals surface area contributed by atoms with Crippen molar-refractivity contribution in [2.75, 3.05) is 31.1 Å². The summed E-state index contributed by atoms with van der Waals surface area (Å²) in [5, 5.41) is 7.35. The lowest BCUT2D eigenvalue weighted by Crippen LogP contribution is -2.37. The number of hydrogen-bond donors (Lipinski definition) is 2. The van der Waals surface area contributed by atoms with E-state index in [1.165, 1.54) is 6.42 Å². The number of pyridine rings is 1. The molecule has 1 atom stereocenters. The minimum absolute atomic E-state index is 0.0222. The van der Waals surface area contributed by atoms with Gasteiger partial charge in [0.1, 0.15) is 11.5 Å². The van der Waals surface area contributed by atoms with Crippen LogP contribution in [0.15, 0.2) is 18.3 Å². The maximum absolute atomic E-state index is 7.35. The second-order valence-corrected chi connectivity index (χ2v) is 4.93. The molecule has 1 unspecified atom stereocenters. The zero-order valence-electron chi connectivity index (χ0n) is 11.8. The molecule has 0 aromatic carbocycles. The molecule has 1 saturated heterocycles. The molecule has 0 bridgehead atoms. The Kier molecular flexibility index (Phi) is 4.37. The molecular formula is C14H23N5. The van der Waals surface area contributed by atoms with Gasteiger partial charge in [0.2, 0.25) is 0 Å². The molecule has 2 heterocycles. The zero-order valence-corrected chi connectivity index (χ0v) is 11.8. The standard InChI is InChI=1S/C14H23N5/c1-3-18(4-2)12-7-8-19(10-12)11-5-6-13(14(15)16)17-9-11/h5-6,9,12H,3-4,7-8,10H2,1-2H3,(H3,15,16). The van der Waals surface area contributed by atoms with Gasteiger partial charge < -0.3 is 10.6 Å². The fraction of sp³-hybridized carbons (Fsp3) is 0.571. The van der Waals surface area contributed by atoms with Crippen LogP contribution < -0.4 is 10.6 Å². The van der Waals surface area contributed by atoms with Gasteiger partial charge in [-0.1, -0.05) is 13.8 Å². The van der Waals surface area contributed by atoms with Crippen molar-refractivity contribution in [2.45, 2.75) is 26.3 Å². The number of nitrogens with zero attached hydrogens (tertiary/aromatic N) is 3. The van der Waals surface area contributed by atoms with Gasteiger partial charge in [0.25, 0.3) is 0 Å². The lowest BCUT2D eigenvalue weighted by Gasteiger charge is -2.26. The number of likely N-dealkylation sites (N-methyl/N-ethyl adjacent to an activating group) is 1. The van der Waals surface area contributed by atoms with Crippen LogP contribution in [0.5, 0.6) is 0 Å². The number of rotatable bonds is 5. The summed E-state index contributed by atoms with van der Waals surface area (Å²) in [6.07, 6.45) is 3.03. The largest absolute Gasteiger partial charge is 0.382 e. The second-order valence-electron chi connectivity index (χ2n) is 4.93. The molecule has 0 amide bonds. The van der Waals surface area contributed by atoms with Crippen LogP contribution >= 0.6 is 0 Å². The highest BCUT2D eigenvalue weighted by Gasteiger charge is 2.26. The molecule has 19 heavy (non-hydrogen) atoms. The van der Waals surface area contributed by atoms with Crippen LogP contribution in [0.25, 0.3) is 0 Å². The normalized spacial score (nSPS) is 19.1. The summed E-state index contributed by atoms with van der Waals surface area (Å²) in [5.41, 5.74) is 7.08. The molecule has 5 heteroatoms. The molecule has 3 N–H and O–H groups in total. The molecule has 0 aliphatic carbocycles. The molecule has 2 rings (SSSR count). The van der Waals surface area contributed by atoms with E-state index < -0.39 is 0 Å². The Morgan fingerprint density at radius 2 is 2.21 bits per heavy atom. The second kappa shape index (κ2) is 6.02. The minimum Gasteiger partial charge on any atom is -0.382 e. The molecular weight excluding hydrogens is 238 g/mol. The molecule has 1 aliphatic rings. The van der Waals surface area contributed by atoms with E-state index in [-0.39, 0.29) is 5.84 Å². The topological polar surface area (TPSA) is 69.2 Å². The number of nitrogens with one attached hydrogen (secondary N) is 1. The third kappa shape index (κ3) is 3.04. The van der Waals surface area contributed by atoms with Crippen LogP contribution in [0, 0.1) is 5.41 Å². The van der Waals surface area contributed by atoms with Gasteiger partial charge in [-0.15, -0.1) is 0 Å². The zero-order chi connectivity index (χ0) is 13.8. The smallest absolute Gasteiger partial charge is 0.141 e. The minimum atomic E-state index is 0.0222. The first-order valence-corrected chi connectivity index (χ1v) is 6.95. The predicted molar refractivity (Wildman–Crippen MR) is 78.8 cm³/mol. The molecule has 1 aliphatic heterocycles. The van der Waals surface area contributed by atoms with Gasteiger partial charge in [-0.25, -0.2) is 0 Å². The van der Waals surface area contributed by atoms with Crippen molar-refractivity contribution in [3.05, 3.63) is 24.0 Å². The van der Waals surface area contributed by atoms with Crippen LogP contribution in [0.1, 0.15) is 26.0 Å². The van der Waals surface area contributed by atoms with Crippen molar-refractivity contribution >= 4 is 11.5 Å². The number of hydrogen-bond acceptors (Lipinski definition) is 4. The Hall–Kier alpha value is -1.62. The summed E-state index contributed by atoms with van der Waals surface area (Å²) in [6.45, 7) is 8.78. The van der Waals surface area contributed by atoms with E-state index in [1.807, 2.05) is 18.3 Å². The third-order valence-electron chi connectivity index (χ3n) is 3.88. The van der Waals surface area contributed by atoms with Crippen molar-refractivity contribution in [1.82, 2.24) is 9.88 Å². The van der Waals surface area contributed by atoms with Gasteiger partial charge in [0.05, 0.1) is 11.9 Å². The summed E-state index contributed by atoms with van der Waals surface area (Å²) in [5.74, 6) is 0.0222. The molecule has 5 nitrogen and oxygen atoms in total. The summed E-state index contributed by atoms with van der Waals surface area (Å²) < 4.78 is 0. The van der Waals surface area contributed by atoms with E-state index in [9.17, 15) is 0 Å². The third-order valence-corrected chi connectivity index (χ3v) is 3.88. The van der Waals surface area contributed by atoms with Gasteiger partial charge in [0.15, 0.2) is 0 Å². The van der Waals surface area contributed by atoms with Gasteiger partial charge >= 0.3 is 0 Å². The molecule has 1 aromatic rings.